The summed E-state index contributed by atoms with van der Waals surface area (Å²) in [6, 6.07) is 7.21. The Labute approximate surface area is 110 Å². The zero-order valence-corrected chi connectivity index (χ0v) is 11.1. The van der Waals surface area contributed by atoms with Crippen LogP contribution in [-0.4, -0.2) is 6.54 Å². The van der Waals surface area contributed by atoms with E-state index in [1.165, 1.54) is 16.6 Å². The Kier molecular flexibility index (Phi) is 2.74. The van der Waals surface area contributed by atoms with Gasteiger partial charge in [0.15, 0.2) is 0 Å². The number of nitrogens with zero attached hydrogens (tertiary/aromatic N) is 1. The van der Waals surface area contributed by atoms with E-state index < -0.39 is 0 Å². The highest BCUT2D eigenvalue weighted by molar-refractivity contribution is 7.20. The second-order valence-electron chi connectivity index (χ2n) is 4.72. The van der Waals surface area contributed by atoms with Crippen molar-refractivity contribution in [1.82, 2.24) is 0 Å². The molecule has 0 unspecified atom stereocenters. The first-order valence-corrected chi connectivity index (χ1v) is 6.83. The van der Waals surface area contributed by atoms with Crippen LogP contribution in [0.5, 0.6) is 0 Å². The maximum atomic E-state index is 13.1. The van der Waals surface area contributed by atoms with Crippen LogP contribution in [0.15, 0.2) is 24.3 Å². The number of fused-ring (bicyclic) bond motifs is 1. The van der Waals surface area contributed by atoms with Crippen LogP contribution in [0.1, 0.15) is 16.7 Å². The van der Waals surface area contributed by atoms with Crippen molar-refractivity contribution in [2.75, 3.05) is 17.2 Å². The second-order valence-corrected chi connectivity index (χ2v) is 5.78. The number of anilines is 2. The van der Waals surface area contributed by atoms with Gasteiger partial charge in [0.2, 0.25) is 0 Å². The number of thiophene rings is 1. The SMILES string of the molecule is Cc1cc(N2CCc3cc(F)ccc3C2)sc1N. The molecule has 2 nitrogen and oxygen atoms in total. The van der Waals surface area contributed by atoms with Gasteiger partial charge in [-0.1, -0.05) is 6.07 Å². The molecule has 0 saturated carbocycles. The fourth-order valence-electron chi connectivity index (χ4n) is 2.34. The van der Waals surface area contributed by atoms with Crippen molar-refractivity contribution in [1.29, 1.82) is 0 Å². The minimum absolute atomic E-state index is 0.140. The normalized spacial score (nSPS) is 14.7. The fraction of sp³-hybridized carbons (Fsp3) is 0.286. The third-order valence-electron chi connectivity index (χ3n) is 3.44. The minimum atomic E-state index is -0.140. The number of hydrogen-bond acceptors (Lipinski definition) is 3. The van der Waals surface area contributed by atoms with Crippen molar-refractivity contribution >= 4 is 21.3 Å². The van der Waals surface area contributed by atoms with Crippen molar-refractivity contribution < 1.29 is 4.39 Å². The van der Waals surface area contributed by atoms with E-state index in [0.29, 0.717) is 0 Å². The Morgan fingerprint density at radius 3 is 2.83 bits per heavy atom. The van der Waals surface area contributed by atoms with Gasteiger partial charge in [0.25, 0.3) is 0 Å². The highest BCUT2D eigenvalue weighted by atomic mass is 32.1. The third kappa shape index (κ3) is 1.97. The Morgan fingerprint density at radius 2 is 2.11 bits per heavy atom. The van der Waals surface area contributed by atoms with E-state index in [2.05, 4.69) is 11.0 Å². The number of halogens is 1. The molecule has 0 spiro atoms. The molecule has 0 aliphatic carbocycles. The van der Waals surface area contributed by atoms with E-state index in [0.717, 1.165) is 35.6 Å². The lowest BCUT2D eigenvalue weighted by molar-refractivity contribution is 0.619. The Balaban J connectivity index is 1.88. The van der Waals surface area contributed by atoms with Crippen LogP contribution in [0, 0.1) is 12.7 Å². The molecule has 94 valence electrons. The summed E-state index contributed by atoms with van der Waals surface area (Å²) in [4.78, 5) is 2.31. The summed E-state index contributed by atoms with van der Waals surface area (Å²) < 4.78 is 13.1. The van der Waals surface area contributed by atoms with Crippen LogP contribution < -0.4 is 10.6 Å². The molecular formula is C14H15FN2S. The van der Waals surface area contributed by atoms with Crippen molar-refractivity contribution in [3.8, 4) is 0 Å². The molecule has 3 rings (SSSR count). The summed E-state index contributed by atoms with van der Waals surface area (Å²) in [5.74, 6) is -0.140. The number of rotatable bonds is 1. The molecule has 2 aromatic rings. The average molecular weight is 262 g/mol. The topological polar surface area (TPSA) is 29.3 Å². The van der Waals surface area contributed by atoms with Gasteiger partial charge in [-0.05, 0) is 48.2 Å². The zero-order chi connectivity index (χ0) is 12.7. The third-order valence-corrected chi connectivity index (χ3v) is 4.56. The highest BCUT2D eigenvalue weighted by Crippen LogP contribution is 2.34. The Bertz CT molecular complexity index is 572. The summed E-state index contributed by atoms with van der Waals surface area (Å²) in [6.45, 7) is 3.80. The first kappa shape index (κ1) is 11.5. The molecule has 0 radical (unpaired) electrons. The highest BCUT2D eigenvalue weighted by Gasteiger charge is 2.18. The number of aryl methyl sites for hydroxylation is 1. The van der Waals surface area contributed by atoms with Crippen LogP contribution in [0.2, 0.25) is 0 Å². The van der Waals surface area contributed by atoms with E-state index in [-0.39, 0.29) is 5.82 Å². The Morgan fingerprint density at radius 1 is 1.28 bits per heavy atom. The van der Waals surface area contributed by atoms with Gasteiger partial charge in [0.1, 0.15) is 5.82 Å². The van der Waals surface area contributed by atoms with E-state index in [1.807, 2.05) is 13.0 Å². The molecule has 1 aromatic carbocycles. The molecule has 2 N–H and O–H groups in total. The number of nitrogens with two attached hydrogens (primary N) is 1. The molecule has 1 aromatic heterocycles. The van der Waals surface area contributed by atoms with Crippen LogP contribution in [0.25, 0.3) is 0 Å². The standard InChI is InChI=1S/C14H15FN2S/c1-9-6-13(18-14(9)16)17-5-4-10-7-12(15)3-2-11(10)8-17/h2-3,6-7H,4-5,8,16H2,1H3. The number of nitrogen functional groups attached to an aromatic ring is 1. The van der Waals surface area contributed by atoms with Crippen LogP contribution in [-0.2, 0) is 13.0 Å². The molecule has 4 heteroatoms. The smallest absolute Gasteiger partial charge is 0.123 e. The summed E-state index contributed by atoms with van der Waals surface area (Å²) in [5.41, 5.74) is 9.39. The lowest BCUT2D eigenvalue weighted by Gasteiger charge is -2.29. The number of benzene rings is 1. The quantitative estimate of drug-likeness (QED) is 0.854. The molecular weight excluding hydrogens is 247 g/mol. The van der Waals surface area contributed by atoms with E-state index in [1.54, 1.807) is 17.4 Å². The minimum Gasteiger partial charge on any atom is -0.390 e. The van der Waals surface area contributed by atoms with Gasteiger partial charge in [-0.15, -0.1) is 11.3 Å². The van der Waals surface area contributed by atoms with Crippen LogP contribution in [0.4, 0.5) is 14.4 Å². The van der Waals surface area contributed by atoms with Gasteiger partial charge in [0, 0.05) is 13.1 Å². The van der Waals surface area contributed by atoms with Crippen LogP contribution >= 0.6 is 11.3 Å². The molecule has 0 bridgehead atoms. The van der Waals surface area contributed by atoms with Crippen molar-refractivity contribution in [2.45, 2.75) is 19.9 Å². The predicted molar refractivity (Wildman–Crippen MR) is 74.6 cm³/mol. The summed E-state index contributed by atoms with van der Waals surface area (Å²) >= 11 is 1.63. The zero-order valence-electron chi connectivity index (χ0n) is 10.2. The largest absolute Gasteiger partial charge is 0.390 e. The molecule has 18 heavy (non-hydrogen) atoms. The lowest BCUT2D eigenvalue weighted by atomic mass is 10.00. The Hall–Kier alpha value is -1.55. The van der Waals surface area contributed by atoms with Gasteiger partial charge in [-0.25, -0.2) is 4.39 Å². The van der Waals surface area contributed by atoms with E-state index in [9.17, 15) is 4.39 Å². The molecule has 0 atom stereocenters. The van der Waals surface area contributed by atoms with Gasteiger partial charge < -0.3 is 10.6 Å². The second kappa shape index (κ2) is 4.28. The monoisotopic (exact) mass is 262 g/mol. The van der Waals surface area contributed by atoms with Gasteiger partial charge >= 0.3 is 0 Å². The molecule has 1 aliphatic rings. The first-order valence-electron chi connectivity index (χ1n) is 6.01. The molecule has 1 aliphatic heterocycles. The molecule has 0 saturated heterocycles. The van der Waals surface area contributed by atoms with E-state index in [4.69, 9.17) is 5.73 Å². The molecule has 2 heterocycles. The molecule has 0 amide bonds. The fourth-order valence-corrected chi connectivity index (χ4v) is 3.31. The number of hydrogen-bond donors (Lipinski definition) is 1. The average Bonchev–Trinajstić information content (AvgIpc) is 2.69. The summed E-state index contributed by atoms with van der Waals surface area (Å²) in [7, 11) is 0. The van der Waals surface area contributed by atoms with Gasteiger partial charge in [-0.3, -0.25) is 0 Å². The van der Waals surface area contributed by atoms with Gasteiger partial charge in [-0.2, -0.15) is 0 Å². The summed E-state index contributed by atoms with van der Waals surface area (Å²) in [5, 5.41) is 2.09. The maximum absolute atomic E-state index is 13.1. The van der Waals surface area contributed by atoms with Crippen LogP contribution in [0.3, 0.4) is 0 Å². The van der Waals surface area contributed by atoms with Gasteiger partial charge in [0.05, 0.1) is 10.0 Å². The maximum Gasteiger partial charge on any atom is 0.123 e. The lowest BCUT2D eigenvalue weighted by Crippen LogP contribution is -2.29. The van der Waals surface area contributed by atoms with Crippen molar-refractivity contribution in [2.24, 2.45) is 0 Å². The predicted octanol–water partition coefficient (Wildman–Crippen LogP) is 3.34. The molecule has 0 fully saturated rings. The van der Waals surface area contributed by atoms with Crippen molar-refractivity contribution in [3.63, 3.8) is 0 Å². The van der Waals surface area contributed by atoms with E-state index >= 15 is 0 Å². The summed E-state index contributed by atoms with van der Waals surface area (Å²) in [6.07, 6.45) is 0.893. The van der Waals surface area contributed by atoms with Crippen molar-refractivity contribution in [3.05, 3.63) is 46.8 Å². The first-order chi connectivity index (χ1) is 8.63.